The SMILES string of the molecule is Cc1c(S(=O)(=O)NOC(=O)c2ccccc2)sc2ccc(Cl)cc12. The molecular formula is C16H12ClNO4S2. The first-order valence-electron chi connectivity index (χ1n) is 6.85. The fraction of sp³-hybridized carbons (Fsp3) is 0.0625. The molecule has 5 nitrogen and oxygen atoms in total. The minimum Gasteiger partial charge on any atom is -0.351 e. The summed E-state index contributed by atoms with van der Waals surface area (Å²) >= 11 is 7.04. The molecule has 1 heterocycles. The van der Waals surface area contributed by atoms with E-state index < -0.39 is 16.0 Å². The molecule has 0 fully saturated rings. The van der Waals surface area contributed by atoms with Crippen molar-refractivity contribution < 1.29 is 18.0 Å². The topological polar surface area (TPSA) is 72.5 Å². The number of aryl methyl sites for hydroxylation is 1. The van der Waals surface area contributed by atoms with Crippen molar-refractivity contribution in [3.8, 4) is 0 Å². The van der Waals surface area contributed by atoms with E-state index in [0.29, 0.717) is 10.6 Å². The van der Waals surface area contributed by atoms with E-state index in [1.807, 2.05) is 4.89 Å². The Morgan fingerprint density at radius 3 is 2.58 bits per heavy atom. The van der Waals surface area contributed by atoms with E-state index >= 15 is 0 Å². The maximum atomic E-state index is 12.4. The number of hydrogen-bond acceptors (Lipinski definition) is 5. The lowest BCUT2D eigenvalue weighted by Crippen LogP contribution is -2.27. The first-order valence-corrected chi connectivity index (χ1v) is 9.53. The zero-order valence-corrected chi connectivity index (χ0v) is 14.8. The average Bonchev–Trinajstić information content (AvgIpc) is 2.91. The van der Waals surface area contributed by atoms with Crippen molar-refractivity contribution in [2.45, 2.75) is 11.1 Å². The Bertz CT molecular complexity index is 1010. The summed E-state index contributed by atoms with van der Waals surface area (Å²) in [6.07, 6.45) is 0. The van der Waals surface area contributed by atoms with Crippen LogP contribution in [0.2, 0.25) is 5.02 Å². The molecule has 0 atom stereocenters. The standard InChI is InChI=1S/C16H12ClNO4S2/c1-10-13-9-12(17)7-8-14(13)23-16(10)24(20,21)18-22-15(19)11-5-3-2-4-6-11/h2-9,18H,1H3. The molecule has 0 unspecified atom stereocenters. The summed E-state index contributed by atoms with van der Waals surface area (Å²) in [6, 6.07) is 13.3. The monoisotopic (exact) mass is 381 g/mol. The van der Waals surface area contributed by atoms with Crippen LogP contribution in [0.5, 0.6) is 0 Å². The van der Waals surface area contributed by atoms with Crippen LogP contribution in [0.25, 0.3) is 10.1 Å². The molecule has 1 N–H and O–H groups in total. The largest absolute Gasteiger partial charge is 0.357 e. The van der Waals surface area contributed by atoms with Crippen LogP contribution in [-0.2, 0) is 14.9 Å². The van der Waals surface area contributed by atoms with Crippen LogP contribution in [0.4, 0.5) is 0 Å². The van der Waals surface area contributed by atoms with Crippen molar-refractivity contribution >= 4 is 49.0 Å². The predicted molar refractivity (Wildman–Crippen MR) is 93.8 cm³/mol. The van der Waals surface area contributed by atoms with Gasteiger partial charge >= 0.3 is 5.97 Å². The van der Waals surface area contributed by atoms with Gasteiger partial charge in [0.05, 0.1) is 5.56 Å². The zero-order chi connectivity index (χ0) is 17.3. The summed E-state index contributed by atoms with van der Waals surface area (Å²) in [6.45, 7) is 1.68. The molecular weight excluding hydrogens is 370 g/mol. The van der Waals surface area contributed by atoms with Gasteiger partial charge in [0, 0.05) is 9.72 Å². The summed E-state index contributed by atoms with van der Waals surface area (Å²) in [5, 5.41) is 1.28. The van der Waals surface area contributed by atoms with Crippen LogP contribution in [0.3, 0.4) is 0 Å². The normalized spacial score (nSPS) is 11.6. The highest BCUT2D eigenvalue weighted by Crippen LogP contribution is 2.35. The summed E-state index contributed by atoms with van der Waals surface area (Å²) in [5.74, 6) is -0.777. The molecule has 2 aromatic carbocycles. The number of benzene rings is 2. The second-order valence-corrected chi connectivity index (χ2v) is 8.33. The molecule has 3 rings (SSSR count). The highest BCUT2D eigenvalue weighted by Gasteiger charge is 2.23. The molecule has 3 aromatic rings. The molecule has 0 aliphatic rings. The smallest absolute Gasteiger partial charge is 0.351 e. The fourth-order valence-corrected chi connectivity index (χ4v) is 4.87. The van der Waals surface area contributed by atoms with Gasteiger partial charge in [-0.05, 0) is 53.1 Å². The third-order valence-corrected chi connectivity index (χ3v) is 6.66. The lowest BCUT2D eigenvalue weighted by molar-refractivity contribution is 0.0408. The van der Waals surface area contributed by atoms with E-state index in [9.17, 15) is 13.2 Å². The highest BCUT2D eigenvalue weighted by molar-refractivity contribution is 7.91. The number of carbonyl (C=O) groups is 1. The van der Waals surface area contributed by atoms with E-state index in [0.717, 1.165) is 21.4 Å². The number of sulfonamides is 1. The van der Waals surface area contributed by atoms with E-state index in [2.05, 4.69) is 0 Å². The molecule has 0 bridgehead atoms. The van der Waals surface area contributed by atoms with E-state index in [1.165, 1.54) is 12.1 Å². The quantitative estimate of drug-likeness (QED) is 0.695. The maximum absolute atomic E-state index is 12.4. The van der Waals surface area contributed by atoms with Crippen LogP contribution >= 0.6 is 22.9 Å². The van der Waals surface area contributed by atoms with Crippen molar-refractivity contribution in [1.29, 1.82) is 0 Å². The van der Waals surface area contributed by atoms with Crippen molar-refractivity contribution in [2.24, 2.45) is 0 Å². The molecule has 0 saturated carbocycles. The van der Waals surface area contributed by atoms with Gasteiger partial charge < -0.3 is 4.84 Å². The molecule has 0 aliphatic heterocycles. The molecule has 24 heavy (non-hydrogen) atoms. The van der Waals surface area contributed by atoms with Gasteiger partial charge in [-0.1, -0.05) is 29.8 Å². The molecule has 0 amide bonds. The van der Waals surface area contributed by atoms with Crippen LogP contribution in [0.15, 0.2) is 52.7 Å². The minimum absolute atomic E-state index is 0.0839. The van der Waals surface area contributed by atoms with Gasteiger partial charge in [0.1, 0.15) is 4.21 Å². The number of carbonyl (C=O) groups excluding carboxylic acids is 1. The third-order valence-electron chi connectivity index (χ3n) is 3.35. The Balaban J connectivity index is 1.86. The lowest BCUT2D eigenvalue weighted by atomic mass is 10.2. The van der Waals surface area contributed by atoms with Crippen LogP contribution in [0, 0.1) is 6.92 Å². The summed E-state index contributed by atoms with van der Waals surface area (Å²) in [4.78, 5) is 18.5. The molecule has 0 aliphatic carbocycles. The van der Waals surface area contributed by atoms with Crippen molar-refractivity contribution in [3.63, 3.8) is 0 Å². The number of rotatable bonds is 4. The van der Waals surface area contributed by atoms with Crippen LogP contribution in [-0.4, -0.2) is 14.4 Å². The number of halogens is 1. The van der Waals surface area contributed by atoms with Crippen molar-refractivity contribution in [1.82, 2.24) is 4.89 Å². The Morgan fingerprint density at radius 2 is 1.88 bits per heavy atom. The van der Waals surface area contributed by atoms with E-state index in [-0.39, 0.29) is 9.77 Å². The van der Waals surface area contributed by atoms with Gasteiger partial charge in [-0.2, -0.15) is 0 Å². The highest BCUT2D eigenvalue weighted by atomic mass is 35.5. The molecule has 124 valence electrons. The van der Waals surface area contributed by atoms with Crippen LogP contribution < -0.4 is 4.89 Å². The first kappa shape index (κ1) is 16.9. The third kappa shape index (κ3) is 3.29. The zero-order valence-electron chi connectivity index (χ0n) is 12.4. The minimum atomic E-state index is -3.99. The Hall–Kier alpha value is -1.93. The lowest BCUT2D eigenvalue weighted by Gasteiger charge is -2.06. The van der Waals surface area contributed by atoms with E-state index in [1.54, 1.807) is 43.3 Å². The average molecular weight is 382 g/mol. The molecule has 0 saturated heterocycles. The van der Waals surface area contributed by atoms with Gasteiger partial charge in [-0.25, -0.2) is 13.2 Å². The summed E-state index contributed by atoms with van der Waals surface area (Å²) in [7, 11) is -3.99. The van der Waals surface area contributed by atoms with Gasteiger partial charge in [0.15, 0.2) is 0 Å². The second-order valence-electron chi connectivity index (χ2n) is 5.00. The van der Waals surface area contributed by atoms with Gasteiger partial charge in [0.25, 0.3) is 10.0 Å². The van der Waals surface area contributed by atoms with Crippen molar-refractivity contribution in [2.75, 3.05) is 0 Å². The van der Waals surface area contributed by atoms with Gasteiger partial charge in [-0.15, -0.1) is 11.3 Å². The fourth-order valence-electron chi connectivity index (χ4n) is 2.19. The number of hydrogen-bond donors (Lipinski definition) is 1. The van der Waals surface area contributed by atoms with E-state index in [4.69, 9.17) is 16.4 Å². The first-order chi connectivity index (χ1) is 11.4. The van der Waals surface area contributed by atoms with Gasteiger partial charge in [-0.3, -0.25) is 0 Å². The maximum Gasteiger partial charge on any atom is 0.357 e. The summed E-state index contributed by atoms with van der Waals surface area (Å²) in [5.41, 5.74) is 0.806. The second kappa shape index (κ2) is 6.52. The number of nitrogens with one attached hydrogen (secondary N) is 1. The molecule has 0 radical (unpaired) electrons. The van der Waals surface area contributed by atoms with Gasteiger partial charge in [0.2, 0.25) is 0 Å². The van der Waals surface area contributed by atoms with Crippen molar-refractivity contribution in [3.05, 3.63) is 64.7 Å². The molecule has 8 heteroatoms. The van der Waals surface area contributed by atoms with Crippen LogP contribution in [0.1, 0.15) is 15.9 Å². The molecule has 1 aromatic heterocycles. The predicted octanol–water partition coefficient (Wildman–Crippen LogP) is 3.91. The molecule has 0 spiro atoms. The Labute approximate surface area is 147 Å². The Morgan fingerprint density at radius 1 is 1.17 bits per heavy atom. The number of fused-ring (bicyclic) bond motifs is 1. The summed E-state index contributed by atoms with van der Waals surface area (Å²) < 4.78 is 25.7. The Kier molecular flexibility index (Phi) is 4.60. The number of thiophene rings is 1.